The number of anilines is 1. The molecule has 1 aromatic rings. The summed E-state index contributed by atoms with van der Waals surface area (Å²) in [5.41, 5.74) is 5.78. The first-order chi connectivity index (χ1) is 6.15. The largest absolute Gasteiger partial charge is 0.490 e. The molecule has 0 aliphatic carbocycles. The van der Waals surface area contributed by atoms with Crippen LogP contribution in [-0.4, -0.2) is 23.6 Å². The quantitative estimate of drug-likeness (QED) is 0.299. The number of carbonyl (C=O) groups is 1. The molecule has 0 amide bonds. The predicted molar refractivity (Wildman–Crippen MR) is 47.4 cm³/mol. The molecular weight excluding hydrogens is 173 g/mol. The fourth-order valence-corrected chi connectivity index (χ4v) is 0.917. The zero-order chi connectivity index (χ0) is 9.84. The van der Waals surface area contributed by atoms with E-state index in [9.17, 15) is 4.79 Å². The van der Waals surface area contributed by atoms with Crippen LogP contribution in [0.4, 0.5) is 5.69 Å². The highest BCUT2D eigenvalue weighted by Gasteiger charge is 2.14. The molecule has 13 heavy (non-hydrogen) atoms. The molecule has 1 aromatic carbocycles. The summed E-state index contributed by atoms with van der Waals surface area (Å²) in [6, 6.07) is 4.13. The van der Waals surface area contributed by atoms with E-state index >= 15 is 0 Å². The van der Waals surface area contributed by atoms with Gasteiger partial charge in [-0.05, 0) is 6.07 Å². The maximum atomic E-state index is 9.94. The molecule has 0 aliphatic rings. The van der Waals surface area contributed by atoms with Crippen LogP contribution in [0.25, 0.3) is 0 Å². The Morgan fingerprint density at radius 1 is 1.46 bits per heavy atom. The van der Waals surface area contributed by atoms with Gasteiger partial charge in [0, 0.05) is 17.2 Å². The van der Waals surface area contributed by atoms with Crippen LogP contribution in [0.3, 0.4) is 0 Å². The maximum Gasteiger partial charge on any atom is 0.490 e. The van der Waals surface area contributed by atoms with Crippen molar-refractivity contribution in [2.24, 2.45) is 0 Å². The van der Waals surface area contributed by atoms with E-state index in [1.54, 1.807) is 0 Å². The summed E-state index contributed by atoms with van der Waals surface area (Å²) in [6.45, 7) is 0.268. The number of nitrogens with two attached hydrogens (primary N) is 1. The molecule has 1 rings (SSSR count). The van der Waals surface area contributed by atoms with Crippen molar-refractivity contribution in [2.75, 3.05) is 5.73 Å². The van der Waals surface area contributed by atoms with Crippen molar-refractivity contribution in [1.29, 1.82) is 0 Å². The number of ether oxygens (including phenoxy) is 1. The Labute approximate surface area is 74.9 Å². The summed E-state index contributed by atoms with van der Waals surface area (Å²) >= 11 is 0. The highest BCUT2D eigenvalue weighted by Crippen LogP contribution is 2.12. The Morgan fingerprint density at radius 3 is 2.62 bits per heavy atom. The molecule has 0 heterocycles. The van der Waals surface area contributed by atoms with Gasteiger partial charge in [-0.25, -0.2) is 0 Å². The average Bonchev–Trinajstić information content (AvgIpc) is 2.04. The van der Waals surface area contributed by atoms with Crippen molar-refractivity contribution < 1.29 is 19.6 Å². The first-order valence-electron chi connectivity index (χ1n) is 3.51. The van der Waals surface area contributed by atoms with Gasteiger partial charge in [0.25, 0.3) is 6.47 Å². The van der Waals surface area contributed by atoms with Gasteiger partial charge in [0.05, 0.1) is 0 Å². The van der Waals surface area contributed by atoms with E-state index in [0.717, 1.165) is 0 Å². The highest BCUT2D eigenvalue weighted by molar-refractivity contribution is 6.60. The van der Waals surface area contributed by atoms with E-state index in [2.05, 4.69) is 4.74 Å². The minimum atomic E-state index is -1.62. The molecular formula is C7H8BNO4. The van der Waals surface area contributed by atoms with Crippen molar-refractivity contribution in [3.63, 3.8) is 0 Å². The van der Waals surface area contributed by atoms with Crippen LogP contribution in [0.2, 0.25) is 0 Å². The molecule has 0 spiro atoms. The number of hydrogen-bond acceptors (Lipinski definition) is 5. The van der Waals surface area contributed by atoms with E-state index in [4.69, 9.17) is 15.8 Å². The smallest absolute Gasteiger partial charge is 0.429 e. The van der Waals surface area contributed by atoms with Crippen molar-refractivity contribution >= 4 is 24.7 Å². The van der Waals surface area contributed by atoms with Gasteiger partial charge < -0.3 is 20.5 Å². The number of rotatable bonds is 3. The number of hydrogen-bond donors (Lipinski definition) is 3. The Hall–Kier alpha value is -1.53. The Balaban J connectivity index is 2.98. The zero-order valence-corrected chi connectivity index (χ0v) is 6.68. The first-order valence-corrected chi connectivity index (χ1v) is 3.51. The van der Waals surface area contributed by atoms with Crippen LogP contribution < -0.4 is 15.9 Å². The van der Waals surface area contributed by atoms with Crippen LogP contribution in [0.1, 0.15) is 0 Å². The molecule has 0 saturated heterocycles. The lowest BCUT2D eigenvalue weighted by Crippen LogP contribution is -2.32. The van der Waals surface area contributed by atoms with Gasteiger partial charge in [-0.1, -0.05) is 6.07 Å². The fraction of sp³-hybridized carbons (Fsp3) is 0. The zero-order valence-electron chi connectivity index (χ0n) is 6.68. The highest BCUT2D eigenvalue weighted by atomic mass is 16.5. The van der Waals surface area contributed by atoms with Gasteiger partial charge in [0.15, 0.2) is 0 Å². The molecule has 4 N–H and O–H groups in total. The van der Waals surface area contributed by atoms with Gasteiger partial charge in [-0.3, -0.25) is 4.79 Å². The number of carbonyl (C=O) groups excluding carboxylic acids is 1. The van der Waals surface area contributed by atoms with E-state index in [1.807, 2.05) is 0 Å². The third-order valence-corrected chi connectivity index (χ3v) is 1.52. The first kappa shape index (κ1) is 9.56. The molecule has 0 bridgehead atoms. The minimum Gasteiger partial charge on any atom is -0.429 e. The van der Waals surface area contributed by atoms with Crippen molar-refractivity contribution in [3.05, 3.63) is 18.2 Å². The Kier molecular flexibility index (Phi) is 2.89. The maximum absolute atomic E-state index is 9.94. The van der Waals surface area contributed by atoms with Gasteiger partial charge in [0.2, 0.25) is 0 Å². The topological polar surface area (TPSA) is 92.8 Å². The standard InChI is InChI=1S/C7H8BNO4/c9-7-3-5(13-4-10)1-2-6(7)8(11)12/h1-4,11-12H,9H2. The molecule has 0 fully saturated rings. The SMILES string of the molecule is Nc1cc(OC=O)ccc1B(O)O. The molecule has 0 unspecified atom stereocenters. The predicted octanol–water partition coefficient (Wildman–Crippen LogP) is -1.52. The second-order valence-electron chi connectivity index (χ2n) is 2.38. The molecule has 6 heteroatoms. The third-order valence-electron chi connectivity index (χ3n) is 1.52. The van der Waals surface area contributed by atoms with Crippen LogP contribution in [0.5, 0.6) is 5.75 Å². The summed E-state index contributed by atoms with van der Waals surface area (Å²) in [6.07, 6.45) is 0. The Bertz CT molecular complexity index is 315. The van der Waals surface area contributed by atoms with Gasteiger partial charge >= 0.3 is 7.12 Å². The lowest BCUT2D eigenvalue weighted by atomic mass is 9.79. The average molecular weight is 181 g/mol. The summed E-state index contributed by atoms with van der Waals surface area (Å²) in [7, 11) is -1.62. The summed E-state index contributed by atoms with van der Waals surface area (Å²) in [5.74, 6) is 0.261. The van der Waals surface area contributed by atoms with Crippen LogP contribution in [0, 0.1) is 0 Å². The molecule has 0 aromatic heterocycles. The van der Waals surface area contributed by atoms with Crippen molar-refractivity contribution in [2.45, 2.75) is 0 Å². The van der Waals surface area contributed by atoms with Gasteiger partial charge in [0.1, 0.15) is 5.75 Å². The van der Waals surface area contributed by atoms with Crippen molar-refractivity contribution in [1.82, 2.24) is 0 Å². The molecule has 5 nitrogen and oxygen atoms in total. The van der Waals surface area contributed by atoms with Crippen molar-refractivity contribution in [3.8, 4) is 5.75 Å². The lowest BCUT2D eigenvalue weighted by molar-refractivity contribution is -0.120. The Morgan fingerprint density at radius 2 is 2.15 bits per heavy atom. The van der Waals surface area contributed by atoms with E-state index < -0.39 is 7.12 Å². The fourth-order valence-electron chi connectivity index (χ4n) is 0.917. The molecule has 0 atom stereocenters. The van der Waals surface area contributed by atoms with E-state index in [-0.39, 0.29) is 23.4 Å². The molecule has 68 valence electrons. The molecule has 0 saturated carbocycles. The van der Waals surface area contributed by atoms with Crippen LogP contribution in [0.15, 0.2) is 18.2 Å². The minimum absolute atomic E-state index is 0.161. The van der Waals surface area contributed by atoms with Crippen LogP contribution in [-0.2, 0) is 4.79 Å². The molecule has 0 aliphatic heterocycles. The van der Waals surface area contributed by atoms with Crippen LogP contribution >= 0.6 is 0 Å². The second kappa shape index (κ2) is 3.93. The monoisotopic (exact) mass is 181 g/mol. The van der Waals surface area contributed by atoms with E-state index in [1.165, 1.54) is 18.2 Å². The lowest BCUT2D eigenvalue weighted by Gasteiger charge is -2.05. The number of benzene rings is 1. The third kappa shape index (κ3) is 2.20. The summed E-state index contributed by atoms with van der Waals surface area (Å²) < 4.78 is 4.50. The summed E-state index contributed by atoms with van der Waals surface area (Å²) in [5, 5.41) is 17.6. The van der Waals surface area contributed by atoms with Gasteiger partial charge in [-0.15, -0.1) is 0 Å². The number of nitrogen functional groups attached to an aromatic ring is 1. The van der Waals surface area contributed by atoms with Gasteiger partial charge in [-0.2, -0.15) is 0 Å². The second-order valence-corrected chi connectivity index (χ2v) is 2.38. The van der Waals surface area contributed by atoms with E-state index in [0.29, 0.717) is 0 Å². The normalized spacial score (nSPS) is 9.38. The summed E-state index contributed by atoms with van der Waals surface area (Å²) in [4.78, 5) is 9.94. The molecule has 0 radical (unpaired) electrons.